The summed E-state index contributed by atoms with van der Waals surface area (Å²) < 4.78 is 0. The van der Waals surface area contributed by atoms with Crippen molar-refractivity contribution in [1.29, 1.82) is 0 Å². The Labute approximate surface area is 219 Å². The van der Waals surface area contributed by atoms with E-state index in [1.54, 1.807) is 6.08 Å². The highest BCUT2D eigenvalue weighted by molar-refractivity contribution is 5.99. The van der Waals surface area contributed by atoms with E-state index in [0.29, 0.717) is 5.95 Å². The van der Waals surface area contributed by atoms with Crippen LogP contribution in [0.15, 0.2) is 60.7 Å². The van der Waals surface area contributed by atoms with Crippen LogP contribution in [-0.2, 0) is 17.8 Å². The van der Waals surface area contributed by atoms with Crippen LogP contribution >= 0.6 is 0 Å². The van der Waals surface area contributed by atoms with E-state index in [-0.39, 0.29) is 5.91 Å². The number of carbonyl (C=O) groups is 1. The number of nitrogens with zero attached hydrogens (tertiary/aromatic N) is 5. The molecule has 1 saturated heterocycles. The van der Waals surface area contributed by atoms with Gasteiger partial charge in [-0.3, -0.25) is 4.79 Å². The smallest absolute Gasteiger partial charge is 0.248 e. The van der Waals surface area contributed by atoms with Crippen molar-refractivity contribution in [3.63, 3.8) is 0 Å². The van der Waals surface area contributed by atoms with Gasteiger partial charge in [0.25, 0.3) is 0 Å². The first-order chi connectivity index (χ1) is 18.0. The highest BCUT2D eigenvalue weighted by atomic mass is 16.1. The van der Waals surface area contributed by atoms with Crippen molar-refractivity contribution < 1.29 is 4.79 Å². The average molecular weight is 498 g/mol. The second-order valence-corrected chi connectivity index (χ2v) is 9.76. The zero-order chi connectivity index (χ0) is 25.8. The fraction of sp³-hybridized carbons (Fsp3) is 0.345. The summed E-state index contributed by atoms with van der Waals surface area (Å²) in [7, 11) is 2.17. The molecule has 2 aliphatic rings. The lowest BCUT2D eigenvalue weighted by Gasteiger charge is -2.34. The minimum atomic E-state index is -0.123. The molecular formula is C29H35N7O. The lowest BCUT2D eigenvalue weighted by atomic mass is 10.2. The van der Waals surface area contributed by atoms with Gasteiger partial charge in [-0.2, -0.15) is 4.98 Å². The number of allylic oxidation sites excluding steroid dienone is 1. The maximum absolute atomic E-state index is 11.9. The van der Waals surface area contributed by atoms with Crippen molar-refractivity contribution in [1.82, 2.24) is 14.9 Å². The summed E-state index contributed by atoms with van der Waals surface area (Å²) in [6, 6.07) is 16.5. The third-order valence-electron chi connectivity index (χ3n) is 7.00. The lowest BCUT2D eigenvalue weighted by Crippen LogP contribution is -2.44. The van der Waals surface area contributed by atoms with Crippen molar-refractivity contribution in [3.8, 4) is 0 Å². The van der Waals surface area contributed by atoms with Crippen molar-refractivity contribution in [2.45, 2.75) is 26.8 Å². The SMILES string of the molecule is C/C=C/C(=O)Nc1cccc(CN2CCc3c(C)nc(Nc4ccc(N5CCN(C)CC5)cc4)nc32)c1. The van der Waals surface area contributed by atoms with Crippen molar-refractivity contribution >= 4 is 34.7 Å². The van der Waals surface area contributed by atoms with Gasteiger partial charge in [-0.05, 0) is 75.4 Å². The Morgan fingerprint density at radius 1 is 1.00 bits per heavy atom. The third-order valence-corrected chi connectivity index (χ3v) is 7.00. The molecule has 0 radical (unpaired) electrons. The predicted octanol–water partition coefficient (Wildman–Crippen LogP) is 4.36. The van der Waals surface area contributed by atoms with Crippen LogP contribution in [0, 0.1) is 6.92 Å². The van der Waals surface area contributed by atoms with E-state index in [1.807, 2.05) is 25.1 Å². The molecule has 3 aromatic rings. The number of aromatic nitrogens is 2. The molecule has 0 atom stereocenters. The molecule has 0 saturated carbocycles. The van der Waals surface area contributed by atoms with Gasteiger partial charge >= 0.3 is 0 Å². The molecule has 0 aliphatic carbocycles. The largest absolute Gasteiger partial charge is 0.369 e. The van der Waals surface area contributed by atoms with Crippen LogP contribution in [0.5, 0.6) is 0 Å². The van der Waals surface area contributed by atoms with Crippen molar-refractivity contribution in [2.75, 3.05) is 60.2 Å². The second-order valence-electron chi connectivity index (χ2n) is 9.76. The predicted molar refractivity (Wildman–Crippen MR) is 151 cm³/mol. The molecule has 1 amide bonds. The first-order valence-electron chi connectivity index (χ1n) is 12.9. The minimum Gasteiger partial charge on any atom is -0.369 e. The number of likely N-dealkylation sites (N-methyl/N-ethyl adjacent to an activating group) is 1. The van der Waals surface area contributed by atoms with Gasteiger partial charge in [-0.25, -0.2) is 4.98 Å². The molecule has 2 aliphatic heterocycles. The number of anilines is 5. The molecule has 0 spiro atoms. The minimum absolute atomic E-state index is 0.123. The molecule has 8 nitrogen and oxygen atoms in total. The van der Waals surface area contributed by atoms with Crippen LogP contribution in [-0.4, -0.2) is 60.5 Å². The molecule has 0 bridgehead atoms. The molecule has 8 heteroatoms. The maximum atomic E-state index is 11.9. The van der Waals surface area contributed by atoms with Gasteiger partial charge in [0.05, 0.1) is 0 Å². The van der Waals surface area contributed by atoms with Crippen molar-refractivity contribution in [3.05, 3.63) is 77.5 Å². The number of benzene rings is 2. The molecule has 192 valence electrons. The standard InChI is InChI=1S/C29H35N7O/c1-4-6-27(37)31-24-8-5-7-22(19-24)20-36-14-13-26-21(2)30-29(33-28(26)36)32-23-9-11-25(12-10-23)35-17-15-34(3)16-18-35/h4-12,19H,13-18,20H2,1-3H3,(H,31,37)(H,30,32,33)/b6-4+. The number of nitrogens with one attached hydrogen (secondary N) is 2. The summed E-state index contributed by atoms with van der Waals surface area (Å²) in [6.45, 7) is 9.79. The van der Waals surface area contributed by atoms with Crippen LogP contribution < -0.4 is 20.4 Å². The Hall–Kier alpha value is -3.91. The fourth-order valence-corrected chi connectivity index (χ4v) is 4.95. The van der Waals surface area contributed by atoms with Gasteiger partial charge in [0.15, 0.2) is 0 Å². The Morgan fingerprint density at radius 3 is 2.54 bits per heavy atom. The van der Waals surface area contributed by atoms with E-state index in [1.165, 1.54) is 17.3 Å². The van der Waals surface area contributed by atoms with Crippen LogP contribution in [0.2, 0.25) is 0 Å². The van der Waals surface area contributed by atoms with Gasteiger partial charge in [-0.1, -0.05) is 18.2 Å². The second kappa shape index (κ2) is 11.0. The highest BCUT2D eigenvalue weighted by Gasteiger charge is 2.24. The number of fused-ring (bicyclic) bond motifs is 1. The zero-order valence-corrected chi connectivity index (χ0v) is 21.9. The molecule has 2 aromatic carbocycles. The van der Waals surface area contributed by atoms with Gasteiger partial charge < -0.3 is 25.3 Å². The van der Waals surface area contributed by atoms with E-state index < -0.39 is 0 Å². The summed E-state index contributed by atoms with van der Waals surface area (Å²) in [5.41, 5.74) is 6.36. The number of rotatable bonds is 7. The molecule has 37 heavy (non-hydrogen) atoms. The average Bonchev–Trinajstić information content (AvgIpc) is 3.28. The van der Waals surface area contributed by atoms with Gasteiger partial charge in [0.2, 0.25) is 11.9 Å². The maximum Gasteiger partial charge on any atom is 0.248 e. The number of aryl methyl sites for hydroxylation is 1. The van der Waals surface area contributed by atoms with Crippen molar-refractivity contribution in [2.24, 2.45) is 0 Å². The Balaban J connectivity index is 1.28. The number of hydrogen-bond donors (Lipinski definition) is 2. The lowest BCUT2D eigenvalue weighted by molar-refractivity contribution is -0.111. The highest BCUT2D eigenvalue weighted by Crippen LogP contribution is 2.31. The number of piperazine rings is 1. The summed E-state index contributed by atoms with van der Waals surface area (Å²) in [4.78, 5) is 28.7. The van der Waals surface area contributed by atoms with Gasteiger partial charge in [0, 0.05) is 67.6 Å². The van der Waals surface area contributed by atoms with Gasteiger partial charge in [0.1, 0.15) is 5.82 Å². The summed E-state index contributed by atoms with van der Waals surface area (Å²) in [6.07, 6.45) is 4.19. The first kappa shape index (κ1) is 24.8. The number of hydrogen-bond acceptors (Lipinski definition) is 7. The van der Waals surface area contributed by atoms with E-state index in [0.717, 1.165) is 74.1 Å². The van der Waals surface area contributed by atoms with Crippen LogP contribution in [0.25, 0.3) is 0 Å². The molecular weight excluding hydrogens is 462 g/mol. The quantitative estimate of drug-likeness (QED) is 0.470. The fourth-order valence-electron chi connectivity index (χ4n) is 4.95. The Bertz CT molecular complexity index is 1280. The summed E-state index contributed by atoms with van der Waals surface area (Å²) in [5, 5.41) is 6.32. The Morgan fingerprint density at radius 2 is 1.78 bits per heavy atom. The monoisotopic (exact) mass is 497 g/mol. The van der Waals surface area contributed by atoms with Crippen LogP contribution in [0.1, 0.15) is 23.7 Å². The molecule has 3 heterocycles. The molecule has 1 aromatic heterocycles. The van der Waals surface area contributed by atoms with Gasteiger partial charge in [-0.15, -0.1) is 0 Å². The first-order valence-corrected chi connectivity index (χ1v) is 12.9. The topological polar surface area (TPSA) is 76.6 Å². The molecule has 1 fully saturated rings. The zero-order valence-electron chi connectivity index (χ0n) is 21.9. The van der Waals surface area contributed by atoms with Crippen LogP contribution in [0.3, 0.4) is 0 Å². The summed E-state index contributed by atoms with van der Waals surface area (Å²) in [5.74, 6) is 1.47. The molecule has 0 unspecified atom stereocenters. The number of amides is 1. The summed E-state index contributed by atoms with van der Waals surface area (Å²) >= 11 is 0. The normalized spacial score (nSPS) is 15.8. The van der Waals surface area contributed by atoms with E-state index in [2.05, 4.69) is 69.6 Å². The molecule has 2 N–H and O–H groups in total. The third kappa shape index (κ3) is 5.91. The Kier molecular flexibility index (Phi) is 7.37. The van der Waals surface area contributed by atoms with E-state index in [4.69, 9.17) is 9.97 Å². The van der Waals surface area contributed by atoms with E-state index >= 15 is 0 Å². The van der Waals surface area contributed by atoms with E-state index in [9.17, 15) is 4.79 Å². The number of carbonyl (C=O) groups excluding carboxylic acids is 1. The van der Waals surface area contributed by atoms with Crippen LogP contribution in [0.4, 0.5) is 28.8 Å². The molecule has 5 rings (SSSR count).